The number of carbonyl (C=O) groups is 1. The molecule has 3 rings (SSSR count). The average Bonchev–Trinajstić information content (AvgIpc) is 3.35. The number of rotatable bonds is 7. The lowest BCUT2D eigenvalue weighted by atomic mass is 10.2. The van der Waals surface area contributed by atoms with Crippen LogP contribution in [0.15, 0.2) is 47.4 Å². The Bertz CT molecular complexity index is 1210. The van der Waals surface area contributed by atoms with Gasteiger partial charge in [0.2, 0.25) is 0 Å². The molecule has 0 unspecified atom stereocenters. The van der Waals surface area contributed by atoms with E-state index in [2.05, 4.69) is 5.10 Å². The number of hydrogen-bond donors (Lipinski definition) is 0. The molecule has 0 aliphatic heterocycles. The summed E-state index contributed by atoms with van der Waals surface area (Å²) in [6, 6.07) is 10.5. The van der Waals surface area contributed by atoms with Crippen molar-refractivity contribution < 1.29 is 26.4 Å². The molecule has 6 nitrogen and oxygen atoms in total. The zero-order valence-electron chi connectivity index (χ0n) is 17.7. The number of aryl methyl sites for hydroxylation is 2. The van der Waals surface area contributed by atoms with Crippen molar-refractivity contribution in [2.24, 2.45) is 7.05 Å². The van der Waals surface area contributed by atoms with Gasteiger partial charge in [-0.25, -0.2) is 8.42 Å². The molecule has 3 aromatic rings. The van der Waals surface area contributed by atoms with Gasteiger partial charge in [0.15, 0.2) is 15.5 Å². The molecule has 32 heavy (non-hydrogen) atoms. The summed E-state index contributed by atoms with van der Waals surface area (Å²) in [5, 5.41) is 3.49. The Labute approximate surface area is 188 Å². The van der Waals surface area contributed by atoms with Crippen LogP contribution in [0.2, 0.25) is 0 Å². The highest BCUT2D eigenvalue weighted by Gasteiger charge is 2.35. The van der Waals surface area contributed by atoms with E-state index in [0.717, 1.165) is 27.6 Å². The Kier molecular flexibility index (Phi) is 6.80. The lowest BCUT2D eigenvalue weighted by Gasteiger charge is -2.20. The van der Waals surface area contributed by atoms with Crippen molar-refractivity contribution in [1.82, 2.24) is 14.7 Å². The van der Waals surface area contributed by atoms with Gasteiger partial charge >= 0.3 is 6.18 Å². The van der Waals surface area contributed by atoms with Crippen LogP contribution in [-0.2, 0) is 23.1 Å². The molecule has 0 spiro atoms. The largest absolute Gasteiger partial charge is 0.435 e. The van der Waals surface area contributed by atoms with Crippen LogP contribution >= 0.6 is 11.3 Å². The zero-order chi connectivity index (χ0) is 23.7. The maximum absolute atomic E-state index is 12.9. The monoisotopic (exact) mass is 485 g/mol. The summed E-state index contributed by atoms with van der Waals surface area (Å²) in [6.07, 6.45) is -4.56. The van der Waals surface area contributed by atoms with Gasteiger partial charge in [0.1, 0.15) is 0 Å². The molecule has 1 amide bonds. The minimum absolute atomic E-state index is 0.00269. The predicted octanol–water partition coefficient (Wildman–Crippen LogP) is 4.41. The SMILES string of the molecule is CCN(CCS(=O)(=O)c1ccc(C)cc1)C(=O)c1ccc(-c2cc(C(F)(F)F)nn2C)s1. The highest BCUT2D eigenvalue weighted by molar-refractivity contribution is 7.91. The second kappa shape index (κ2) is 9.07. The first-order valence-electron chi connectivity index (χ1n) is 9.72. The number of alkyl halides is 3. The van der Waals surface area contributed by atoms with Crippen LogP contribution in [0.5, 0.6) is 0 Å². The third-order valence-electron chi connectivity index (χ3n) is 4.92. The molecular weight excluding hydrogens is 463 g/mol. The summed E-state index contributed by atoms with van der Waals surface area (Å²) < 4.78 is 65.1. The van der Waals surface area contributed by atoms with Gasteiger partial charge in [-0.1, -0.05) is 17.7 Å². The number of hydrogen-bond acceptors (Lipinski definition) is 5. The van der Waals surface area contributed by atoms with Crippen LogP contribution in [0.25, 0.3) is 10.6 Å². The topological polar surface area (TPSA) is 72.3 Å². The number of nitrogens with zero attached hydrogens (tertiary/aromatic N) is 3. The summed E-state index contributed by atoms with van der Waals surface area (Å²) >= 11 is 1.04. The second-order valence-corrected chi connectivity index (χ2v) is 10.4. The van der Waals surface area contributed by atoms with Crippen molar-refractivity contribution in [2.45, 2.75) is 24.9 Å². The molecule has 0 bridgehead atoms. The van der Waals surface area contributed by atoms with Crippen LogP contribution in [0.1, 0.15) is 27.9 Å². The Balaban J connectivity index is 1.75. The molecule has 0 radical (unpaired) electrons. The molecule has 0 atom stereocenters. The lowest BCUT2D eigenvalue weighted by Crippen LogP contribution is -2.34. The molecule has 0 aliphatic carbocycles. The predicted molar refractivity (Wildman–Crippen MR) is 116 cm³/mol. The van der Waals surface area contributed by atoms with E-state index in [-0.39, 0.29) is 28.8 Å². The maximum Gasteiger partial charge on any atom is 0.435 e. The summed E-state index contributed by atoms with van der Waals surface area (Å²) in [6.45, 7) is 3.89. The Morgan fingerprint density at radius 3 is 2.38 bits per heavy atom. The average molecular weight is 486 g/mol. The number of halogens is 3. The highest BCUT2D eigenvalue weighted by atomic mass is 32.2. The van der Waals surface area contributed by atoms with Crippen LogP contribution in [0.4, 0.5) is 13.2 Å². The molecule has 1 aromatic carbocycles. The molecule has 172 valence electrons. The van der Waals surface area contributed by atoms with Crippen LogP contribution in [-0.4, -0.2) is 47.8 Å². The number of carbonyl (C=O) groups excluding carboxylic acids is 1. The van der Waals surface area contributed by atoms with E-state index in [4.69, 9.17) is 0 Å². The van der Waals surface area contributed by atoms with Crippen molar-refractivity contribution in [3.8, 4) is 10.6 Å². The molecule has 0 saturated heterocycles. The molecule has 2 aromatic heterocycles. The van der Waals surface area contributed by atoms with Crippen LogP contribution in [0, 0.1) is 6.92 Å². The fourth-order valence-electron chi connectivity index (χ4n) is 3.08. The van der Waals surface area contributed by atoms with Gasteiger partial charge in [-0.3, -0.25) is 9.48 Å². The number of sulfone groups is 1. The molecule has 0 N–H and O–H groups in total. The Hall–Kier alpha value is -2.66. The molecular formula is C21H22F3N3O3S2. The number of thiophene rings is 1. The highest BCUT2D eigenvalue weighted by Crippen LogP contribution is 2.34. The van der Waals surface area contributed by atoms with E-state index in [9.17, 15) is 26.4 Å². The first-order chi connectivity index (χ1) is 14.9. The van der Waals surface area contributed by atoms with Gasteiger partial charge in [0, 0.05) is 20.1 Å². The maximum atomic E-state index is 12.9. The van der Waals surface area contributed by atoms with Gasteiger partial charge in [-0.05, 0) is 44.2 Å². The van der Waals surface area contributed by atoms with Gasteiger partial charge in [-0.2, -0.15) is 18.3 Å². The first-order valence-corrected chi connectivity index (χ1v) is 12.2. The van der Waals surface area contributed by atoms with Gasteiger partial charge in [-0.15, -0.1) is 11.3 Å². The molecule has 0 aliphatic rings. The van der Waals surface area contributed by atoms with E-state index < -0.39 is 21.7 Å². The quantitative estimate of drug-likeness (QED) is 0.497. The van der Waals surface area contributed by atoms with Crippen molar-refractivity contribution in [3.63, 3.8) is 0 Å². The number of amides is 1. The fourth-order valence-corrected chi connectivity index (χ4v) is 5.35. The van der Waals surface area contributed by atoms with Gasteiger partial charge < -0.3 is 4.90 Å². The molecule has 11 heteroatoms. The molecule has 0 fully saturated rings. The fraction of sp³-hybridized carbons (Fsp3) is 0.333. The minimum Gasteiger partial charge on any atom is -0.337 e. The lowest BCUT2D eigenvalue weighted by molar-refractivity contribution is -0.141. The zero-order valence-corrected chi connectivity index (χ0v) is 19.3. The second-order valence-electron chi connectivity index (χ2n) is 7.22. The van der Waals surface area contributed by atoms with E-state index in [1.54, 1.807) is 25.1 Å². The van der Waals surface area contributed by atoms with Gasteiger partial charge in [0.25, 0.3) is 5.91 Å². The molecule has 0 saturated carbocycles. The van der Waals surface area contributed by atoms with Crippen LogP contribution in [0.3, 0.4) is 0 Å². The van der Waals surface area contributed by atoms with E-state index >= 15 is 0 Å². The van der Waals surface area contributed by atoms with Crippen LogP contribution < -0.4 is 0 Å². The summed E-state index contributed by atoms with van der Waals surface area (Å²) in [7, 11) is -2.16. The minimum atomic E-state index is -4.56. The van der Waals surface area contributed by atoms with E-state index in [1.807, 2.05) is 6.92 Å². The summed E-state index contributed by atoms with van der Waals surface area (Å²) in [4.78, 5) is 15.3. The third kappa shape index (κ3) is 5.21. The molecule has 2 heterocycles. The summed E-state index contributed by atoms with van der Waals surface area (Å²) in [5.74, 6) is -0.606. The summed E-state index contributed by atoms with van der Waals surface area (Å²) in [5.41, 5.74) is 0.178. The Morgan fingerprint density at radius 1 is 1.16 bits per heavy atom. The number of benzene rings is 1. The normalized spacial score (nSPS) is 12.2. The standard InChI is InChI=1S/C21H22F3N3O3S2/c1-4-27(11-12-32(29,30)15-7-5-14(2)6-8-15)20(28)18-10-9-17(31-18)16-13-19(21(22,23)24)25-26(16)3/h5-10,13H,4,11-12H2,1-3H3. The third-order valence-corrected chi connectivity index (χ3v) is 7.72. The van der Waals surface area contributed by atoms with Gasteiger partial charge in [0.05, 0.1) is 26.1 Å². The van der Waals surface area contributed by atoms with Crippen molar-refractivity contribution >= 4 is 27.1 Å². The smallest absolute Gasteiger partial charge is 0.337 e. The van der Waals surface area contributed by atoms with E-state index in [1.165, 1.54) is 30.1 Å². The number of aromatic nitrogens is 2. The first kappa shape index (κ1) is 24.0. The van der Waals surface area contributed by atoms with Crippen molar-refractivity contribution in [1.29, 1.82) is 0 Å². The van der Waals surface area contributed by atoms with E-state index in [0.29, 0.717) is 16.3 Å². The Morgan fingerprint density at radius 2 is 1.81 bits per heavy atom. The van der Waals surface area contributed by atoms with Crippen molar-refractivity contribution in [2.75, 3.05) is 18.8 Å². The van der Waals surface area contributed by atoms with Crippen molar-refractivity contribution in [3.05, 3.63) is 58.6 Å².